The largest absolute Gasteiger partial charge is 0.513 e. The van der Waals surface area contributed by atoms with Gasteiger partial charge in [-0.15, -0.1) is 0 Å². The molecule has 4 aromatic rings. The predicted octanol–water partition coefficient (Wildman–Crippen LogP) is 8.38. The Bertz CT molecular complexity index is 2080. The summed E-state index contributed by atoms with van der Waals surface area (Å²) in [7, 11) is -5.02. The number of nitrogens with zero attached hydrogens (tertiary/aromatic N) is 3. The van der Waals surface area contributed by atoms with E-state index in [0.717, 1.165) is 62.6 Å². The molecular weight excluding hydrogens is 676 g/mol. The van der Waals surface area contributed by atoms with Crippen LogP contribution in [0.25, 0.3) is 21.5 Å². The molecule has 0 radical (unpaired) electrons. The Labute approximate surface area is 297 Å². The molecule has 2 heterocycles. The van der Waals surface area contributed by atoms with Gasteiger partial charge in [-0.25, -0.2) is 8.42 Å². The molecule has 7 nitrogen and oxygen atoms in total. The lowest BCUT2D eigenvalue weighted by molar-refractivity contribution is -0.181. The number of fused-ring (bicyclic) bond motifs is 6. The number of aliphatic hydroxyl groups is 1. The average molecular weight is 720 g/mol. The van der Waals surface area contributed by atoms with Crippen LogP contribution in [0.3, 0.4) is 0 Å². The van der Waals surface area contributed by atoms with Gasteiger partial charge in [-0.05, 0) is 58.7 Å². The van der Waals surface area contributed by atoms with Crippen molar-refractivity contribution in [2.45, 2.75) is 70.0 Å². The molecule has 7 rings (SSSR count). The van der Waals surface area contributed by atoms with Crippen molar-refractivity contribution in [1.29, 1.82) is 0 Å². The molecule has 1 saturated carbocycles. The molecule has 4 aromatic carbocycles. The average Bonchev–Trinajstić information content (AvgIpc) is 3.46. The monoisotopic (exact) mass is 719 g/mol. The summed E-state index contributed by atoms with van der Waals surface area (Å²) in [6.45, 7) is 13.3. The molecule has 3 aliphatic rings. The van der Waals surface area contributed by atoms with Gasteiger partial charge in [-0.2, -0.15) is 13.2 Å². The van der Waals surface area contributed by atoms with Crippen LogP contribution in [0.2, 0.25) is 0 Å². The third-order valence-electron chi connectivity index (χ3n) is 11.4. The van der Waals surface area contributed by atoms with E-state index in [1.54, 1.807) is 12.2 Å². The lowest BCUT2D eigenvalue weighted by Gasteiger charge is -2.51. The Morgan fingerprint density at radius 2 is 1.18 bits per heavy atom. The molecule has 0 aromatic heterocycles. The topological polar surface area (TPSA) is 73.3 Å². The van der Waals surface area contributed by atoms with Crippen LogP contribution in [0, 0.1) is 11.8 Å². The van der Waals surface area contributed by atoms with Crippen LogP contribution < -0.4 is 9.80 Å². The quantitative estimate of drug-likeness (QED) is 0.194. The van der Waals surface area contributed by atoms with E-state index in [9.17, 15) is 26.7 Å². The van der Waals surface area contributed by atoms with Gasteiger partial charge in [0.25, 0.3) is 0 Å². The number of sulfonamides is 1. The van der Waals surface area contributed by atoms with E-state index in [2.05, 4.69) is 49.6 Å². The van der Waals surface area contributed by atoms with Crippen LogP contribution in [0.15, 0.2) is 96.3 Å². The number of hydrogen-bond donors (Lipinski definition) is 1. The molecule has 2 aliphatic heterocycles. The SMILES string of the molecule is CCN1/C(=C/C2C(O)C(/C=C3/N(CC)c4ccc5ccccc5c4C3(C)C)C2N(OC)S(=O)(=O)C(F)(F)F)C(C)(C)c2c1ccc1ccccc21. The summed E-state index contributed by atoms with van der Waals surface area (Å²) in [5.41, 5.74) is -1.20. The zero-order valence-corrected chi connectivity index (χ0v) is 30.7. The normalized spacial score (nSPS) is 25.6. The minimum Gasteiger partial charge on any atom is -0.392 e. The minimum atomic E-state index is -5.95. The van der Waals surface area contributed by atoms with Crippen molar-refractivity contribution in [2.24, 2.45) is 11.8 Å². The van der Waals surface area contributed by atoms with Gasteiger partial charge in [0.1, 0.15) is 0 Å². The third-order valence-corrected chi connectivity index (χ3v) is 12.8. The summed E-state index contributed by atoms with van der Waals surface area (Å²) >= 11 is 0. The summed E-state index contributed by atoms with van der Waals surface area (Å²) in [5, 5.41) is 16.3. The van der Waals surface area contributed by atoms with Crippen molar-refractivity contribution in [3.63, 3.8) is 0 Å². The number of rotatable bonds is 7. The highest BCUT2D eigenvalue weighted by Gasteiger charge is 2.61. The van der Waals surface area contributed by atoms with Crippen molar-refractivity contribution in [1.82, 2.24) is 4.47 Å². The molecule has 0 spiro atoms. The lowest BCUT2D eigenvalue weighted by Crippen LogP contribution is -2.64. The highest BCUT2D eigenvalue weighted by Crippen LogP contribution is 2.55. The van der Waals surface area contributed by atoms with E-state index < -0.39 is 50.3 Å². The molecule has 11 heteroatoms. The second-order valence-electron chi connectivity index (χ2n) is 14.7. The number of alkyl halides is 3. The highest BCUT2D eigenvalue weighted by atomic mass is 32.2. The first-order valence-electron chi connectivity index (χ1n) is 17.4. The maximum absolute atomic E-state index is 14.3. The lowest BCUT2D eigenvalue weighted by atomic mass is 9.64. The molecular formula is C40H44F3N3O4S. The first-order valence-corrected chi connectivity index (χ1v) is 18.8. The molecule has 1 aliphatic carbocycles. The summed E-state index contributed by atoms with van der Waals surface area (Å²) in [4.78, 5) is 9.37. The number of anilines is 2. The van der Waals surface area contributed by atoms with Crippen molar-refractivity contribution >= 4 is 42.9 Å². The van der Waals surface area contributed by atoms with E-state index in [-0.39, 0.29) is 4.47 Å². The molecule has 0 bridgehead atoms. The Kier molecular flexibility index (Phi) is 8.41. The van der Waals surface area contributed by atoms with Crippen molar-refractivity contribution in [3.05, 3.63) is 107 Å². The Morgan fingerprint density at radius 3 is 1.55 bits per heavy atom. The summed E-state index contributed by atoms with van der Waals surface area (Å²) in [6.07, 6.45) is 2.35. The van der Waals surface area contributed by atoms with Gasteiger partial charge in [0, 0.05) is 58.5 Å². The number of aliphatic hydroxyl groups excluding tert-OH is 1. The maximum Gasteiger partial charge on any atom is 0.513 e. The molecule has 0 amide bonds. The first kappa shape index (κ1) is 35.5. The van der Waals surface area contributed by atoms with Crippen molar-refractivity contribution < 1.29 is 31.5 Å². The van der Waals surface area contributed by atoms with E-state index in [4.69, 9.17) is 4.84 Å². The number of likely N-dealkylation sites (N-methyl/N-ethyl adjacent to an activating group) is 2. The van der Waals surface area contributed by atoms with Crippen molar-refractivity contribution in [3.8, 4) is 0 Å². The van der Waals surface area contributed by atoms with Gasteiger partial charge < -0.3 is 14.9 Å². The van der Waals surface area contributed by atoms with Crippen LogP contribution in [0.1, 0.15) is 52.7 Å². The van der Waals surface area contributed by atoms with E-state index in [0.29, 0.717) is 13.1 Å². The van der Waals surface area contributed by atoms with Gasteiger partial charge in [0.15, 0.2) is 0 Å². The van der Waals surface area contributed by atoms with Crippen LogP contribution in [-0.2, 0) is 25.7 Å². The summed E-state index contributed by atoms with van der Waals surface area (Å²) in [6, 6.07) is 22.9. The zero-order valence-electron chi connectivity index (χ0n) is 29.9. The smallest absolute Gasteiger partial charge is 0.392 e. The second kappa shape index (κ2) is 12.1. The summed E-state index contributed by atoms with van der Waals surface area (Å²) in [5.74, 6) is -2.04. The van der Waals surface area contributed by atoms with Gasteiger partial charge in [-0.1, -0.05) is 105 Å². The Hall–Kier alpha value is -3.90. The van der Waals surface area contributed by atoms with Crippen LogP contribution in [0.5, 0.6) is 0 Å². The van der Waals surface area contributed by atoms with Gasteiger partial charge >= 0.3 is 15.5 Å². The Morgan fingerprint density at radius 1 is 0.765 bits per heavy atom. The number of hydrogen-bond acceptors (Lipinski definition) is 6. The fraction of sp³-hybridized carbons (Fsp3) is 0.400. The van der Waals surface area contributed by atoms with Gasteiger partial charge in [0.05, 0.1) is 19.3 Å². The molecule has 51 heavy (non-hydrogen) atoms. The highest BCUT2D eigenvalue weighted by molar-refractivity contribution is 7.89. The fourth-order valence-corrected chi connectivity index (χ4v) is 10.0. The van der Waals surface area contributed by atoms with E-state index in [1.807, 2.05) is 74.5 Å². The van der Waals surface area contributed by atoms with Crippen molar-refractivity contribution in [2.75, 3.05) is 30.0 Å². The van der Waals surface area contributed by atoms with E-state index in [1.165, 1.54) is 0 Å². The maximum atomic E-state index is 14.3. The molecule has 270 valence electrons. The number of benzene rings is 4. The van der Waals surface area contributed by atoms with Crippen LogP contribution in [0.4, 0.5) is 24.5 Å². The molecule has 0 saturated heterocycles. The Balaban J connectivity index is 1.38. The van der Waals surface area contributed by atoms with Gasteiger partial charge in [-0.3, -0.25) is 4.84 Å². The molecule has 2 atom stereocenters. The first-order chi connectivity index (χ1) is 24.0. The number of halogens is 3. The molecule has 2 unspecified atom stereocenters. The van der Waals surface area contributed by atoms with E-state index >= 15 is 0 Å². The third kappa shape index (κ3) is 5.06. The zero-order chi connectivity index (χ0) is 36.8. The second-order valence-corrected chi connectivity index (χ2v) is 16.5. The van der Waals surface area contributed by atoms with Crippen LogP contribution in [-0.4, -0.2) is 55.8 Å². The predicted molar refractivity (Wildman–Crippen MR) is 197 cm³/mol. The summed E-state index contributed by atoms with van der Waals surface area (Å²) < 4.78 is 69.2. The number of allylic oxidation sites excluding steroid dienone is 2. The number of hydroxylamine groups is 1. The van der Waals surface area contributed by atoms with Crippen LogP contribution >= 0.6 is 0 Å². The minimum absolute atomic E-state index is 0.0741. The standard InChI is InChI=1S/C40H44F3N3O4S/c1-8-44-30-20-18-24-14-10-12-16-26(24)34(30)38(3,4)32(44)22-28-36(46(50-7)51(48,49)40(41,42)43)29(37(28)47)23-33-39(5,6)35-27-17-13-11-15-25(27)19-21-31(35)45(33)9-2/h10-23,28-29,36-37,47H,8-9H2,1-7H3/b32-22+,33-23+. The van der Waals surface area contributed by atoms with Gasteiger partial charge in [0.2, 0.25) is 0 Å². The molecule has 1 fully saturated rings. The molecule has 1 N–H and O–H groups in total. The fourth-order valence-electron chi connectivity index (χ4n) is 9.05.